The van der Waals surface area contributed by atoms with E-state index in [0.717, 1.165) is 16.4 Å². The van der Waals surface area contributed by atoms with Gasteiger partial charge in [0.25, 0.3) is 0 Å². The van der Waals surface area contributed by atoms with Gasteiger partial charge < -0.3 is 9.84 Å². The van der Waals surface area contributed by atoms with Gasteiger partial charge in [-0.1, -0.05) is 19.1 Å². The zero-order valence-electron chi connectivity index (χ0n) is 12.7. The number of nitrogens with zero attached hydrogens (tertiary/aromatic N) is 1. The van der Waals surface area contributed by atoms with Crippen molar-refractivity contribution in [3.63, 3.8) is 0 Å². The van der Waals surface area contributed by atoms with Crippen LogP contribution in [-0.4, -0.2) is 43.3 Å². The molecule has 134 valence electrons. The summed E-state index contributed by atoms with van der Waals surface area (Å²) < 4.78 is 67.5. The summed E-state index contributed by atoms with van der Waals surface area (Å²) in [5, 5.41) is 9.12. The van der Waals surface area contributed by atoms with Crippen LogP contribution in [0.4, 0.5) is 13.2 Å². The Hall–Kier alpha value is -1.81. The van der Waals surface area contributed by atoms with E-state index in [1.807, 2.05) is 0 Å². The lowest BCUT2D eigenvalue weighted by atomic mass is 9.92. The number of sulfonamides is 1. The maximum Gasteiger partial charge on any atom is 0.573 e. The summed E-state index contributed by atoms with van der Waals surface area (Å²) in [6.45, 7) is 1.44. The second kappa shape index (κ2) is 6.60. The molecule has 2 unspecified atom stereocenters. The molecule has 1 fully saturated rings. The molecule has 0 bridgehead atoms. The zero-order chi connectivity index (χ0) is 18.1. The topological polar surface area (TPSA) is 83.9 Å². The van der Waals surface area contributed by atoms with Crippen LogP contribution < -0.4 is 4.74 Å². The van der Waals surface area contributed by atoms with Crippen molar-refractivity contribution in [1.82, 2.24) is 4.31 Å². The minimum Gasteiger partial charge on any atom is -0.481 e. The van der Waals surface area contributed by atoms with Crippen molar-refractivity contribution in [2.45, 2.75) is 24.6 Å². The Balaban J connectivity index is 2.38. The summed E-state index contributed by atoms with van der Waals surface area (Å²) >= 11 is 0. The molecule has 0 spiro atoms. The molecule has 10 heteroatoms. The third kappa shape index (κ3) is 4.18. The smallest absolute Gasteiger partial charge is 0.481 e. The first-order chi connectivity index (χ1) is 11.0. The standard InChI is InChI=1S/C14H16F3NO5S/c1-9-6-10(13(19)20)8-18(7-9)24(21,22)12-5-3-2-4-11(12)23-14(15,16)17/h2-5,9-10H,6-8H2,1H3,(H,19,20). The van der Waals surface area contributed by atoms with Crippen molar-refractivity contribution >= 4 is 16.0 Å². The maximum atomic E-state index is 12.7. The molecule has 1 aromatic carbocycles. The molecule has 1 aliphatic heterocycles. The van der Waals surface area contributed by atoms with E-state index in [-0.39, 0.29) is 19.0 Å². The molecular weight excluding hydrogens is 351 g/mol. The van der Waals surface area contributed by atoms with Crippen LogP contribution in [0.25, 0.3) is 0 Å². The molecule has 1 saturated heterocycles. The molecule has 0 amide bonds. The van der Waals surface area contributed by atoms with Gasteiger partial charge in [-0.25, -0.2) is 8.42 Å². The molecule has 1 aliphatic rings. The van der Waals surface area contributed by atoms with E-state index in [4.69, 9.17) is 5.11 Å². The third-order valence-corrected chi connectivity index (χ3v) is 5.54. The molecule has 6 nitrogen and oxygen atoms in total. The fraction of sp³-hybridized carbons (Fsp3) is 0.500. The number of piperidine rings is 1. The van der Waals surface area contributed by atoms with Gasteiger partial charge in [-0.05, 0) is 24.5 Å². The monoisotopic (exact) mass is 367 g/mol. The Labute approximate surface area is 136 Å². The van der Waals surface area contributed by atoms with Gasteiger partial charge in [0, 0.05) is 13.1 Å². The summed E-state index contributed by atoms with van der Waals surface area (Å²) in [4.78, 5) is 10.5. The quantitative estimate of drug-likeness (QED) is 0.883. The van der Waals surface area contributed by atoms with Gasteiger partial charge in [0.2, 0.25) is 10.0 Å². The van der Waals surface area contributed by atoms with Gasteiger partial charge in [0.05, 0.1) is 5.92 Å². The molecule has 2 atom stereocenters. The summed E-state index contributed by atoms with van der Waals surface area (Å²) in [5.74, 6) is -3.11. The predicted molar refractivity (Wildman–Crippen MR) is 76.8 cm³/mol. The van der Waals surface area contributed by atoms with Gasteiger partial charge in [-0.15, -0.1) is 13.2 Å². The predicted octanol–water partition coefficient (Wildman–Crippen LogP) is 2.32. The molecule has 1 heterocycles. The van der Waals surface area contributed by atoms with E-state index < -0.39 is 38.9 Å². The average Bonchev–Trinajstić information content (AvgIpc) is 2.45. The average molecular weight is 367 g/mol. The number of aliphatic carboxylic acids is 1. The van der Waals surface area contributed by atoms with Crippen molar-refractivity contribution < 1.29 is 36.2 Å². The number of carboxylic acids is 1. The lowest BCUT2D eigenvalue weighted by Gasteiger charge is -2.34. The first-order valence-corrected chi connectivity index (χ1v) is 8.52. The first-order valence-electron chi connectivity index (χ1n) is 7.08. The molecule has 1 N–H and O–H groups in total. The number of carbonyl (C=O) groups is 1. The fourth-order valence-corrected chi connectivity index (χ4v) is 4.41. The highest BCUT2D eigenvalue weighted by Gasteiger charge is 2.39. The lowest BCUT2D eigenvalue weighted by molar-refractivity contribution is -0.275. The largest absolute Gasteiger partial charge is 0.573 e. The Morgan fingerprint density at radius 3 is 2.50 bits per heavy atom. The van der Waals surface area contributed by atoms with E-state index >= 15 is 0 Å². The van der Waals surface area contributed by atoms with E-state index in [2.05, 4.69) is 4.74 Å². The fourth-order valence-electron chi connectivity index (χ4n) is 2.69. The zero-order valence-corrected chi connectivity index (χ0v) is 13.5. The molecule has 0 aromatic heterocycles. The minimum absolute atomic E-state index is 0.0342. The van der Waals surface area contributed by atoms with Crippen molar-refractivity contribution in [1.29, 1.82) is 0 Å². The van der Waals surface area contributed by atoms with Gasteiger partial charge in [-0.3, -0.25) is 4.79 Å². The number of hydrogen-bond acceptors (Lipinski definition) is 4. The van der Waals surface area contributed by atoms with Crippen LogP contribution in [0, 0.1) is 11.8 Å². The van der Waals surface area contributed by atoms with E-state index in [0.29, 0.717) is 6.42 Å². The number of alkyl halides is 3. The van der Waals surface area contributed by atoms with Gasteiger partial charge >= 0.3 is 12.3 Å². The van der Waals surface area contributed by atoms with E-state index in [1.165, 1.54) is 12.1 Å². The third-order valence-electron chi connectivity index (χ3n) is 3.67. The van der Waals surface area contributed by atoms with Gasteiger partial charge in [0.1, 0.15) is 10.6 Å². The van der Waals surface area contributed by atoms with Crippen LogP contribution in [0.3, 0.4) is 0 Å². The lowest BCUT2D eigenvalue weighted by Crippen LogP contribution is -2.45. The highest BCUT2D eigenvalue weighted by atomic mass is 32.2. The number of halogens is 3. The number of para-hydroxylation sites is 1. The molecule has 0 saturated carbocycles. The Bertz CT molecular complexity index is 719. The summed E-state index contributed by atoms with van der Waals surface area (Å²) in [5.41, 5.74) is 0. The molecule has 0 aliphatic carbocycles. The van der Waals surface area contributed by atoms with Crippen LogP contribution in [0.1, 0.15) is 13.3 Å². The normalized spacial score (nSPS) is 23.0. The van der Waals surface area contributed by atoms with E-state index in [9.17, 15) is 26.4 Å². The molecule has 24 heavy (non-hydrogen) atoms. The Morgan fingerprint density at radius 2 is 1.92 bits per heavy atom. The second-order valence-corrected chi connectivity index (χ2v) is 7.60. The summed E-state index contributed by atoms with van der Waals surface area (Å²) in [7, 11) is -4.32. The van der Waals surface area contributed by atoms with Gasteiger partial charge in [0.15, 0.2) is 0 Å². The summed E-state index contributed by atoms with van der Waals surface area (Å²) in [6.07, 6.45) is -4.73. The van der Waals surface area contributed by atoms with Gasteiger partial charge in [-0.2, -0.15) is 4.31 Å². The van der Waals surface area contributed by atoms with Crippen LogP contribution in [0.15, 0.2) is 29.2 Å². The second-order valence-electron chi connectivity index (χ2n) is 5.69. The molecule has 2 rings (SSSR count). The van der Waals surface area contributed by atoms with E-state index in [1.54, 1.807) is 6.92 Å². The minimum atomic E-state index is -5.04. The highest BCUT2D eigenvalue weighted by Crippen LogP contribution is 2.33. The SMILES string of the molecule is CC1CC(C(=O)O)CN(S(=O)(=O)c2ccccc2OC(F)(F)F)C1. The van der Waals surface area contributed by atoms with Crippen molar-refractivity contribution in [3.8, 4) is 5.75 Å². The van der Waals surface area contributed by atoms with Crippen molar-refractivity contribution in [3.05, 3.63) is 24.3 Å². The molecular formula is C14H16F3NO5S. The number of ether oxygens (including phenoxy) is 1. The van der Waals surface area contributed by atoms with Crippen LogP contribution in [0.5, 0.6) is 5.75 Å². The van der Waals surface area contributed by atoms with Crippen molar-refractivity contribution in [2.75, 3.05) is 13.1 Å². The Kier molecular flexibility index (Phi) is 5.09. The highest BCUT2D eigenvalue weighted by molar-refractivity contribution is 7.89. The number of hydrogen-bond donors (Lipinski definition) is 1. The van der Waals surface area contributed by atoms with Crippen LogP contribution in [0.2, 0.25) is 0 Å². The number of rotatable bonds is 4. The van der Waals surface area contributed by atoms with Crippen LogP contribution >= 0.6 is 0 Å². The van der Waals surface area contributed by atoms with Crippen LogP contribution in [-0.2, 0) is 14.8 Å². The maximum absolute atomic E-state index is 12.7. The first kappa shape index (κ1) is 18.5. The number of carboxylic acid groups (broad SMARTS) is 1. The van der Waals surface area contributed by atoms with Crippen molar-refractivity contribution in [2.24, 2.45) is 11.8 Å². The Morgan fingerprint density at radius 1 is 1.29 bits per heavy atom. The number of benzene rings is 1. The summed E-state index contributed by atoms with van der Waals surface area (Å²) in [6, 6.07) is 4.41. The molecule has 0 radical (unpaired) electrons. The molecule has 1 aromatic rings.